The van der Waals surface area contributed by atoms with Gasteiger partial charge in [-0.1, -0.05) is 6.07 Å². The third kappa shape index (κ3) is 6.21. The van der Waals surface area contributed by atoms with Crippen molar-refractivity contribution >= 4 is 29.0 Å². The number of nitrogens with one attached hydrogen (secondary N) is 3. The minimum atomic E-state index is -0.104. The highest BCUT2D eigenvalue weighted by atomic mass is 16.1. The van der Waals surface area contributed by atoms with Crippen LogP contribution in [-0.2, 0) is 4.79 Å². The quantitative estimate of drug-likeness (QED) is 0.646. The normalized spacial score (nSPS) is 10.5. The van der Waals surface area contributed by atoms with Gasteiger partial charge in [-0.3, -0.25) is 4.79 Å². The molecule has 0 aliphatic rings. The molecule has 0 fully saturated rings. The van der Waals surface area contributed by atoms with Gasteiger partial charge in [0.25, 0.3) is 0 Å². The van der Waals surface area contributed by atoms with Crippen LogP contribution < -0.4 is 16.0 Å². The number of anilines is 4. The van der Waals surface area contributed by atoms with Crippen LogP contribution in [0.5, 0.6) is 0 Å². The first-order valence-electron chi connectivity index (χ1n) is 7.89. The van der Waals surface area contributed by atoms with Crippen LogP contribution in [0.4, 0.5) is 23.1 Å². The average Bonchev–Trinajstić information content (AvgIpc) is 2.51. The molecule has 0 spiro atoms. The molecular weight excluding hydrogens is 304 g/mol. The van der Waals surface area contributed by atoms with Crippen LogP contribution in [0.15, 0.2) is 36.5 Å². The third-order valence-corrected chi connectivity index (χ3v) is 3.18. The lowest BCUT2D eigenvalue weighted by atomic mass is 10.3. The Bertz CT molecular complexity index is 674. The van der Waals surface area contributed by atoms with Crippen molar-refractivity contribution in [1.29, 1.82) is 0 Å². The maximum atomic E-state index is 11.1. The van der Waals surface area contributed by atoms with Gasteiger partial charge in [0.15, 0.2) is 0 Å². The Morgan fingerprint density at radius 3 is 2.75 bits per heavy atom. The third-order valence-electron chi connectivity index (χ3n) is 3.18. The summed E-state index contributed by atoms with van der Waals surface area (Å²) in [5, 5.41) is 9.18. The number of hydrogen-bond donors (Lipinski definition) is 3. The predicted octanol–water partition coefficient (Wildman–Crippen LogP) is 2.54. The summed E-state index contributed by atoms with van der Waals surface area (Å²) in [4.78, 5) is 21.9. The van der Waals surface area contributed by atoms with Crippen LogP contribution in [0.1, 0.15) is 13.3 Å². The van der Waals surface area contributed by atoms with E-state index in [2.05, 4.69) is 44.9 Å². The molecule has 0 saturated heterocycles. The second-order valence-electron chi connectivity index (χ2n) is 5.74. The summed E-state index contributed by atoms with van der Waals surface area (Å²) in [7, 11) is 4.11. The molecular formula is C17H24N6O. The van der Waals surface area contributed by atoms with Crippen molar-refractivity contribution < 1.29 is 4.79 Å². The zero-order valence-corrected chi connectivity index (χ0v) is 14.3. The molecule has 1 aromatic heterocycles. The largest absolute Gasteiger partial charge is 0.370 e. The smallest absolute Gasteiger partial charge is 0.229 e. The van der Waals surface area contributed by atoms with Crippen molar-refractivity contribution in [2.24, 2.45) is 0 Å². The van der Waals surface area contributed by atoms with Crippen LogP contribution in [0.2, 0.25) is 0 Å². The number of hydrogen-bond acceptors (Lipinski definition) is 6. The molecule has 3 N–H and O–H groups in total. The van der Waals surface area contributed by atoms with Crippen molar-refractivity contribution in [3.05, 3.63) is 36.5 Å². The summed E-state index contributed by atoms with van der Waals surface area (Å²) in [6, 6.07) is 9.26. The summed E-state index contributed by atoms with van der Waals surface area (Å²) in [5.41, 5.74) is 1.54. The number of rotatable bonds is 8. The Morgan fingerprint density at radius 2 is 2.00 bits per heavy atom. The molecule has 24 heavy (non-hydrogen) atoms. The number of benzene rings is 1. The Morgan fingerprint density at radius 1 is 1.21 bits per heavy atom. The van der Waals surface area contributed by atoms with Gasteiger partial charge >= 0.3 is 0 Å². The van der Waals surface area contributed by atoms with Crippen molar-refractivity contribution in [3.63, 3.8) is 0 Å². The second kappa shape index (κ2) is 8.83. The minimum Gasteiger partial charge on any atom is -0.370 e. The number of carbonyl (C=O) groups is 1. The SMILES string of the molecule is CC(=O)Nc1cccc(Nc2nccc(NCCCN(C)C)n2)c1. The fourth-order valence-electron chi connectivity index (χ4n) is 2.14. The van der Waals surface area contributed by atoms with Crippen molar-refractivity contribution in [2.45, 2.75) is 13.3 Å². The van der Waals surface area contributed by atoms with E-state index < -0.39 is 0 Å². The fourth-order valence-corrected chi connectivity index (χ4v) is 2.14. The van der Waals surface area contributed by atoms with Crippen LogP contribution in [0.25, 0.3) is 0 Å². The Labute approximate surface area is 142 Å². The molecule has 1 heterocycles. The van der Waals surface area contributed by atoms with E-state index in [0.717, 1.165) is 36.7 Å². The Hall–Kier alpha value is -2.67. The Kier molecular flexibility index (Phi) is 6.51. The summed E-state index contributed by atoms with van der Waals surface area (Å²) >= 11 is 0. The van der Waals surface area contributed by atoms with Gasteiger partial charge in [0.2, 0.25) is 11.9 Å². The molecule has 7 nitrogen and oxygen atoms in total. The summed E-state index contributed by atoms with van der Waals surface area (Å²) in [5.74, 6) is 1.18. The molecule has 0 aliphatic heterocycles. The molecule has 2 rings (SSSR count). The van der Waals surface area contributed by atoms with Gasteiger partial charge < -0.3 is 20.9 Å². The molecule has 128 valence electrons. The second-order valence-corrected chi connectivity index (χ2v) is 5.74. The van der Waals surface area contributed by atoms with E-state index >= 15 is 0 Å². The van der Waals surface area contributed by atoms with Gasteiger partial charge in [-0.2, -0.15) is 4.98 Å². The predicted molar refractivity (Wildman–Crippen MR) is 97.7 cm³/mol. The monoisotopic (exact) mass is 328 g/mol. The van der Waals surface area contributed by atoms with Crippen molar-refractivity contribution in [1.82, 2.24) is 14.9 Å². The van der Waals surface area contributed by atoms with Gasteiger partial charge in [0.1, 0.15) is 5.82 Å². The van der Waals surface area contributed by atoms with Crippen LogP contribution in [-0.4, -0.2) is 48.0 Å². The minimum absolute atomic E-state index is 0.104. The van der Waals surface area contributed by atoms with Gasteiger partial charge in [-0.25, -0.2) is 4.98 Å². The molecule has 7 heteroatoms. The van der Waals surface area contributed by atoms with E-state index in [1.54, 1.807) is 6.20 Å². The summed E-state index contributed by atoms with van der Waals surface area (Å²) < 4.78 is 0. The molecule has 0 saturated carbocycles. The first-order chi connectivity index (χ1) is 11.5. The fraction of sp³-hybridized carbons (Fsp3) is 0.353. The Balaban J connectivity index is 1.95. The summed E-state index contributed by atoms with van der Waals surface area (Å²) in [6.45, 7) is 3.36. The number of nitrogens with zero attached hydrogens (tertiary/aromatic N) is 3. The molecule has 0 unspecified atom stereocenters. The molecule has 0 bridgehead atoms. The van der Waals surface area contributed by atoms with Gasteiger partial charge in [-0.05, 0) is 51.3 Å². The first kappa shape index (κ1) is 17.7. The van der Waals surface area contributed by atoms with Crippen LogP contribution in [0.3, 0.4) is 0 Å². The lowest BCUT2D eigenvalue weighted by molar-refractivity contribution is -0.114. The average molecular weight is 328 g/mol. The highest BCUT2D eigenvalue weighted by molar-refractivity contribution is 5.89. The zero-order chi connectivity index (χ0) is 17.4. The van der Waals surface area contributed by atoms with E-state index in [9.17, 15) is 4.79 Å². The molecule has 0 atom stereocenters. The molecule has 1 amide bonds. The maximum Gasteiger partial charge on any atom is 0.229 e. The zero-order valence-electron chi connectivity index (χ0n) is 14.3. The molecule has 0 radical (unpaired) electrons. The van der Waals surface area contributed by atoms with Crippen LogP contribution in [0, 0.1) is 0 Å². The van der Waals surface area contributed by atoms with Gasteiger partial charge in [0, 0.05) is 31.0 Å². The van der Waals surface area contributed by atoms with Crippen LogP contribution >= 0.6 is 0 Å². The number of carbonyl (C=O) groups excluding carboxylic acids is 1. The first-order valence-corrected chi connectivity index (χ1v) is 7.89. The standard InChI is InChI=1S/C17H24N6O/c1-13(24)20-14-6-4-7-15(12-14)21-17-19-10-8-16(22-17)18-9-5-11-23(2)3/h4,6-8,10,12H,5,9,11H2,1-3H3,(H,20,24)(H2,18,19,21,22). The highest BCUT2D eigenvalue weighted by Gasteiger charge is 2.02. The maximum absolute atomic E-state index is 11.1. The lowest BCUT2D eigenvalue weighted by Gasteiger charge is -2.11. The molecule has 0 aliphatic carbocycles. The van der Waals surface area contributed by atoms with E-state index in [4.69, 9.17) is 0 Å². The highest BCUT2D eigenvalue weighted by Crippen LogP contribution is 2.18. The lowest BCUT2D eigenvalue weighted by Crippen LogP contribution is -2.16. The summed E-state index contributed by atoms with van der Waals surface area (Å²) in [6.07, 6.45) is 2.75. The van der Waals surface area contributed by atoms with E-state index in [1.807, 2.05) is 30.3 Å². The van der Waals surface area contributed by atoms with E-state index in [1.165, 1.54) is 6.92 Å². The molecule has 2 aromatic rings. The van der Waals surface area contributed by atoms with Crippen molar-refractivity contribution in [3.8, 4) is 0 Å². The molecule has 1 aromatic carbocycles. The van der Waals surface area contributed by atoms with E-state index in [-0.39, 0.29) is 5.91 Å². The van der Waals surface area contributed by atoms with Gasteiger partial charge in [0.05, 0.1) is 0 Å². The topological polar surface area (TPSA) is 82.2 Å². The van der Waals surface area contributed by atoms with E-state index in [0.29, 0.717) is 5.95 Å². The van der Waals surface area contributed by atoms with Gasteiger partial charge in [-0.15, -0.1) is 0 Å². The number of amides is 1. The number of aromatic nitrogens is 2. The van der Waals surface area contributed by atoms with Crippen molar-refractivity contribution in [2.75, 3.05) is 43.1 Å².